The monoisotopic (exact) mass is 380 g/mol. The molecule has 0 bridgehead atoms. The fraction of sp³-hybridized carbons (Fsp3) is 0.538. The van der Waals surface area contributed by atoms with Crippen LogP contribution in [0.1, 0.15) is 58.4 Å². The first kappa shape index (κ1) is 22.6. The third kappa shape index (κ3) is 5.68. The van der Waals surface area contributed by atoms with Crippen molar-refractivity contribution in [2.75, 3.05) is 27.2 Å². The van der Waals surface area contributed by atoms with Crippen molar-refractivity contribution in [3.05, 3.63) is 68.8 Å². The van der Waals surface area contributed by atoms with Gasteiger partial charge in [-0.3, -0.25) is 0 Å². The van der Waals surface area contributed by atoms with Gasteiger partial charge in [-0.1, -0.05) is 49.2 Å². The van der Waals surface area contributed by atoms with Crippen LogP contribution in [0.3, 0.4) is 0 Å². The van der Waals surface area contributed by atoms with Crippen molar-refractivity contribution in [3.8, 4) is 0 Å². The summed E-state index contributed by atoms with van der Waals surface area (Å²) in [4.78, 5) is 4.78. The maximum absolute atomic E-state index is 2.39. The highest BCUT2D eigenvalue weighted by Crippen LogP contribution is 2.23. The number of likely N-dealkylation sites (N-methyl/N-ethyl adjacent to an activating group) is 2. The van der Waals surface area contributed by atoms with Gasteiger partial charge < -0.3 is 9.80 Å². The number of fused-ring (bicyclic) bond motifs is 2. The van der Waals surface area contributed by atoms with Crippen LogP contribution in [-0.2, 0) is 25.9 Å². The zero-order chi connectivity index (χ0) is 20.8. The van der Waals surface area contributed by atoms with E-state index < -0.39 is 0 Å². The van der Waals surface area contributed by atoms with Crippen molar-refractivity contribution in [3.63, 3.8) is 0 Å². The molecule has 28 heavy (non-hydrogen) atoms. The summed E-state index contributed by atoms with van der Waals surface area (Å²) in [7, 11) is 4.39. The zero-order valence-electron chi connectivity index (χ0n) is 19.4. The van der Waals surface area contributed by atoms with E-state index in [9.17, 15) is 0 Å². The van der Waals surface area contributed by atoms with Crippen molar-refractivity contribution < 1.29 is 0 Å². The van der Waals surface area contributed by atoms with E-state index in [-0.39, 0.29) is 0 Å². The Morgan fingerprint density at radius 2 is 1.11 bits per heavy atom. The number of hydrogen-bond donors (Lipinski definition) is 0. The summed E-state index contributed by atoms with van der Waals surface area (Å²) < 4.78 is 0. The van der Waals surface area contributed by atoms with E-state index in [0.29, 0.717) is 0 Å². The molecule has 0 atom stereocenters. The molecule has 0 spiro atoms. The van der Waals surface area contributed by atoms with E-state index in [1.54, 1.807) is 16.7 Å². The van der Waals surface area contributed by atoms with Crippen LogP contribution in [0.15, 0.2) is 24.3 Å². The molecule has 0 saturated carbocycles. The highest BCUT2D eigenvalue weighted by molar-refractivity contribution is 5.40. The Morgan fingerprint density at radius 1 is 0.607 bits per heavy atom. The fourth-order valence-corrected chi connectivity index (χ4v) is 4.45. The second-order valence-corrected chi connectivity index (χ2v) is 8.41. The second kappa shape index (κ2) is 10.2. The molecular formula is C26H40N2. The van der Waals surface area contributed by atoms with Crippen molar-refractivity contribution in [2.24, 2.45) is 0 Å². The molecule has 0 saturated heterocycles. The Hall–Kier alpha value is -1.64. The molecule has 2 aliphatic rings. The van der Waals surface area contributed by atoms with E-state index >= 15 is 0 Å². The van der Waals surface area contributed by atoms with Crippen molar-refractivity contribution in [1.29, 1.82) is 0 Å². The maximum atomic E-state index is 2.39. The van der Waals surface area contributed by atoms with Crippen LogP contribution in [0.2, 0.25) is 0 Å². The minimum atomic E-state index is 1.12. The summed E-state index contributed by atoms with van der Waals surface area (Å²) in [6.07, 6.45) is 2.44. The average Bonchev–Trinajstić information content (AvgIpc) is 2.64. The van der Waals surface area contributed by atoms with Gasteiger partial charge in [0.15, 0.2) is 0 Å². The van der Waals surface area contributed by atoms with E-state index in [1.165, 1.54) is 53.7 Å². The van der Waals surface area contributed by atoms with Gasteiger partial charge in [0.25, 0.3) is 0 Å². The third-order valence-electron chi connectivity index (χ3n) is 5.79. The van der Waals surface area contributed by atoms with Crippen LogP contribution in [0.25, 0.3) is 0 Å². The molecule has 2 aromatic rings. The lowest BCUT2D eigenvalue weighted by Gasteiger charge is -2.26. The number of hydrogen-bond acceptors (Lipinski definition) is 2. The molecule has 0 N–H and O–H groups in total. The lowest BCUT2D eigenvalue weighted by Crippen LogP contribution is -2.27. The molecule has 0 radical (unpaired) electrons. The van der Waals surface area contributed by atoms with Gasteiger partial charge >= 0.3 is 0 Å². The topological polar surface area (TPSA) is 6.48 Å². The quantitative estimate of drug-likeness (QED) is 0.586. The Kier molecular flexibility index (Phi) is 8.27. The van der Waals surface area contributed by atoms with Crippen molar-refractivity contribution in [1.82, 2.24) is 9.80 Å². The Labute approximate surface area is 173 Å². The zero-order valence-corrected chi connectivity index (χ0v) is 19.4. The first-order valence-corrected chi connectivity index (χ1v) is 10.9. The maximum Gasteiger partial charge on any atom is 0.0236 e. The molecular weight excluding hydrogens is 340 g/mol. The van der Waals surface area contributed by atoms with Gasteiger partial charge in [-0.05, 0) is 88.0 Å². The predicted octanol–water partition coefficient (Wildman–Crippen LogP) is 5.61. The predicted molar refractivity (Wildman–Crippen MR) is 123 cm³/mol. The number of aryl methyl sites for hydroxylation is 4. The summed E-state index contributed by atoms with van der Waals surface area (Å²) in [5, 5.41) is 0. The van der Waals surface area contributed by atoms with Crippen LogP contribution in [0.5, 0.6) is 0 Å². The molecule has 2 aliphatic heterocycles. The molecule has 154 valence electrons. The Morgan fingerprint density at radius 3 is 1.75 bits per heavy atom. The smallest absolute Gasteiger partial charge is 0.0236 e. The molecule has 0 amide bonds. The second-order valence-electron chi connectivity index (χ2n) is 8.41. The molecule has 0 aliphatic carbocycles. The molecule has 0 unspecified atom stereocenters. The van der Waals surface area contributed by atoms with E-state index in [4.69, 9.17) is 0 Å². The van der Waals surface area contributed by atoms with E-state index in [2.05, 4.69) is 75.9 Å². The van der Waals surface area contributed by atoms with Gasteiger partial charge in [-0.15, -0.1) is 0 Å². The van der Waals surface area contributed by atoms with E-state index in [1.807, 2.05) is 13.8 Å². The normalized spacial score (nSPS) is 16.1. The molecule has 0 fully saturated rings. The van der Waals surface area contributed by atoms with Crippen LogP contribution in [0, 0.1) is 27.7 Å². The van der Waals surface area contributed by atoms with Gasteiger partial charge in [-0.2, -0.15) is 0 Å². The molecule has 2 aromatic carbocycles. The van der Waals surface area contributed by atoms with Crippen LogP contribution in [0.4, 0.5) is 0 Å². The molecule has 2 heterocycles. The summed E-state index contributed by atoms with van der Waals surface area (Å²) in [5.41, 5.74) is 12.0. The number of nitrogens with zero attached hydrogens (tertiary/aromatic N) is 2. The molecule has 0 aromatic heterocycles. The SMILES string of the molecule is CC.Cc1cc(C)c2c(c1)CCN(C)C2.Cc1cc(C)c2c(c1)CN(C)CC2. The molecule has 2 nitrogen and oxygen atoms in total. The van der Waals surface area contributed by atoms with Gasteiger partial charge in [0, 0.05) is 26.2 Å². The standard InChI is InChI=1S/2C12H17N.C2H6/c1-9-6-10(2)12-4-5-13(3)8-11(12)7-9;1-9-6-10(2)12-8-13(3)5-4-11(12)7-9;1-2/h2*6-7H,4-5,8H2,1-3H3;1-2H3. The number of benzene rings is 2. The largest absolute Gasteiger partial charge is 0.302 e. The van der Waals surface area contributed by atoms with Crippen LogP contribution >= 0.6 is 0 Å². The average molecular weight is 381 g/mol. The summed E-state index contributed by atoms with van der Waals surface area (Å²) in [6, 6.07) is 9.26. The summed E-state index contributed by atoms with van der Waals surface area (Å²) in [6.45, 7) is 17.5. The summed E-state index contributed by atoms with van der Waals surface area (Å²) in [5.74, 6) is 0. The van der Waals surface area contributed by atoms with Crippen molar-refractivity contribution in [2.45, 2.75) is 67.5 Å². The fourth-order valence-electron chi connectivity index (χ4n) is 4.45. The van der Waals surface area contributed by atoms with Gasteiger partial charge in [-0.25, -0.2) is 0 Å². The lowest BCUT2D eigenvalue weighted by molar-refractivity contribution is 0.312. The molecule has 2 heteroatoms. The Bertz CT molecular complexity index is 792. The summed E-state index contributed by atoms with van der Waals surface area (Å²) >= 11 is 0. The highest BCUT2D eigenvalue weighted by atomic mass is 15.1. The van der Waals surface area contributed by atoms with E-state index in [0.717, 1.165) is 13.1 Å². The number of rotatable bonds is 0. The lowest BCUT2D eigenvalue weighted by atomic mass is 9.93. The first-order valence-electron chi connectivity index (χ1n) is 10.9. The van der Waals surface area contributed by atoms with Gasteiger partial charge in [0.05, 0.1) is 0 Å². The molecule has 4 rings (SSSR count). The first-order chi connectivity index (χ1) is 13.3. The Balaban J connectivity index is 0.000000184. The third-order valence-corrected chi connectivity index (χ3v) is 5.79. The van der Waals surface area contributed by atoms with Gasteiger partial charge in [0.1, 0.15) is 0 Å². The minimum Gasteiger partial charge on any atom is -0.302 e. The van der Waals surface area contributed by atoms with Crippen LogP contribution in [-0.4, -0.2) is 37.0 Å². The van der Waals surface area contributed by atoms with Gasteiger partial charge in [0.2, 0.25) is 0 Å². The highest BCUT2D eigenvalue weighted by Gasteiger charge is 2.15. The minimum absolute atomic E-state index is 1.12. The van der Waals surface area contributed by atoms with Crippen LogP contribution < -0.4 is 0 Å². The van der Waals surface area contributed by atoms with Crippen molar-refractivity contribution >= 4 is 0 Å².